The highest BCUT2D eigenvalue weighted by Crippen LogP contribution is 2.22. The van der Waals surface area contributed by atoms with Gasteiger partial charge in [0.15, 0.2) is 0 Å². The zero-order valence-electron chi connectivity index (χ0n) is 13.5. The lowest BCUT2D eigenvalue weighted by Crippen LogP contribution is -2.43. The molecule has 1 fully saturated rings. The summed E-state index contributed by atoms with van der Waals surface area (Å²) in [4.78, 5) is 27.1. The zero-order chi connectivity index (χ0) is 15.7. The summed E-state index contributed by atoms with van der Waals surface area (Å²) in [5.74, 6) is -0.392. The fourth-order valence-corrected chi connectivity index (χ4v) is 2.77. The van der Waals surface area contributed by atoms with Gasteiger partial charge in [-0.05, 0) is 31.6 Å². The maximum atomic E-state index is 12.6. The minimum Gasteiger partial charge on any atom is -0.481 e. The van der Waals surface area contributed by atoms with E-state index < -0.39 is 5.97 Å². The highest BCUT2D eigenvalue weighted by molar-refractivity contribution is 5.74. The molecule has 1 saturated heterocycles. The molecule has 2 amide bonds. The van der Waals surface area contributed by atoms with E-state index in [1.165, 1.54) is 0 Å². The standard InChI is InChI=1S/C16H30N2O3/c1-3-5-10-17(11-6-4-2)16(21)18-12-9-14(13-18)7-8-15(19)20/h14H,3-13H2,1-2H3,(H,19,20). The lowest BCUT2D eigenvalue weighted by Gasteiger charge is -2.28. The Morgan fingerprint density at radius 1 is 1.19 bits per heavy atom. The van der Waals surface area contributed by atoms with Gasteiger partial charge in [-0.15, -0.1) is 0 Å². The number of aliphatic carboxylic acids is 1. The molecule has 1 aliphatic heterocycles. The lowest BCUT2D eigenvalue weighted by atomic mass is 10.0. The molecule has 0 aliphatic carbocycles. The molecule has 0 aromatic rings. The molecule has 0 aromatic carbocycles. The van der Waals surface area contributed by atoms with E-state index in [4.69, 9.17) is 5.11 Å². The summed E-state index contributed by atoms with van der Waals surface area (Å²) in [6.07, 6.45) is 6.12. The third kappa shape index (κ3) is 6.36. The van der Waals surface area contributed by atoms with Gasteiger partial charge in [-0.2, -0.15) is 0 Å². The Morgan fingerprint density at radius 2 is 1.81 bits per heavy atom. The van der Waals surface area contributed by atoms with E-state index in [0.717, 1.165) is 58.3 Å². The summed E-state index contributed by atoms with van der Waals surface area (Å²) in [6, 6.07) is 0.148. The van der Waals surface area contributed by atoms with E-state index in [2.05, 4.69) is 13.8 Å². The summed E-state index contributed by atoms with van der Waals surface area (Å²) < 4.78 is 0. The Kier molecular flexibility index (Phi) is 8.16. The van der Waals surface area contributed by atoms with Gasteiger partial charge in [0.05, 0.1) is 0 Å². The molecule has 1 N–H and O–H groups in total. The second kappa shape index (κ2) is 9.64. The Labute approximate surface area is 128 Å². The SMILES string of the molecule is CCCCN(CCCC)C(=O)N1CCC(CCC(=O)O)C1. The number of likely N-dealkylation sites (tertiary alicyclic amines) is 1. The first-order valence-corrected chi connectivity index (χ1v) is 8.34. The molecule has 5 heteroatoms. The van der Waals surface area contributed by atoms with Crippen molar-refractivity contribution in [1.82, 2.24) is 9.80 Å². The van der Waals surface area contributed by atoms with E-state index in [1.807, 2.05) is 9.80 Å². The molecular formula is C16H30N2O3. The number of amides is 2. The number of carboxylic acid groups (broad SMARTS) is 1. The molecule has 0 aromatic heterocycles. The van der Waals surface area contributed by atoms with Gasteiger partial charge in [0.1, 0.15) is 0 Å². The average molecular weight is 298 g/mol. The number of hydrogen-bond acceptors (Lipinski definition) is 2. The summed E-state index contributed by atoms with van der Waals surface area (Å²) >= 11 is 0. The predicted molar refractivity (Wildman–Crippen MR) is 83.3 cm³/mol. The summed E-state index contributed by atoms with van der Waals surface area (Å²) in [7, 11) is 0. The van der Waals surface area contributed by atoms with Crippen molar-refractivity contribution in [2.24, 2.45) is 5.92 Å². The molecule has 1 unspecified atom stereocenters. The van der Waals surface area contributed by atoms with Crippen LogP contribution in [-0.4, -0.2) is 53.1 Å². The van der Waals surface area contributed by atoms with E-state index in [9.17, 15) is 9.59 Å². The van der Waals surface area contributed by atoms with E-state index in [0.29, 0.717) is 12.3 Å². The second-order valence-corrected chi connectivity index (χ2v) is 6.01. The van der Waals surface area contributed by atoms with Gasteiger partial charge in [0, 0.05) is 32.6 Å². The van der Waals surface area contributed by atoms with Crippen molar-refractivity contribution >= 4 is 12.0 Å². The molecule has 0 spiro atoms. The monoisotopic (exact) mass is 298 g/mol. The quantitative estimate of drug-likeness (QED) is 0.711. The van der Waals surface area contributed by atoms with Crippen LogP contribution in [0.15, 0.2) is 0 Å². The minimum atomic E-state index is -0.743. The van der Waals surface area contributed by atoms with Crippen molar-refractivity contribution < 1.29 is 14.7 Å². The van der Waals surface area contributed by atoms with Crippen molar-refractivity contribution in [3.8, 4) is 0 Å². The van der Waals surface area contributed by atoms with Gasteiger partial charge in [-0.3, -0.25) is 4.79 Å². The Bertz CT molecular complexity index is 325. The third-order valence-electron chi connectivity index (χ3n) is 4.16. The number of carbonyl (C=O) groups excluding carboxylic acids is 1. The molecule has 0 saturated carbocycles. The van der Waals surface area contributed by atoms with Crippen molar-refractivity contribution in [2.75, 3.05) is 26.2 Å². The van der Waals surface area contributed by atoms with Crippen LogP contribution in [0.4, 0.5) is 4.79 Å². The fourth-order valence-electron chi connectivity index (χ4n) is 2.77. The first kappa shape index (κ1) is 17.8. The van der Waals surface area contributed by atoms with Crippen molar-refractivity contribution in [2.45, 2.75) is 58.8 Å². The van der Waals surface area contributed by atoms with Crippen LogP contribution in [0.3, 0.4) is 0 Å². The molecule has 5 nitrogen and oxygen atoms in total. The van der Waals surface area contributed by atoms with Gasteiger partial charge in [0.2, 0.25) is 0 Å². The van der Waals surface area contributed by atoms with E-state index in [-0.39, 0.29) is 12.5 Å². The van der Waals surface area contributed by atoms with Crippen LogP contribution in [0.25, 0.3) is 0 Å². The maximum Gasteiger partial charge on any atom is 0.320 e. The third-order valence-corrected chi connectivity index (χ3v) is 4.16. The largest absolute Gasteiger partial charge is 0.481 e. The van der Waals surface area contributed by atoms with Crippen molar-refractivity contribution in [3.05, 3.63) is 0 Å². The van der Waals surface area contributed by atoms with Crippen LogP contribution in [0.5, 0.6) is 0 Å². The van der Waals surface area contributed by atoms with Gasteiger partial charge in [-0.25, -0.2) is 4.79 Å². The van der Waals surface area contributed by atoms with E-state index in [1.54, 1.807) is 0 Å². The Balaban J connectivity index is 2.45. The maximum absolute atomic E-state index is 12.6. The zero-order valence-corrected chi connectivity index (χ0v) is 13.5. The van der Waals surface area contributed by atoms with Crippen molar-refractivity contribution in [3.63, 3.8) is 0 Å². The second-order valence-electron chi connectivity index (χ2n) is 6.01. The minimum absolute atomic E-state index is 0.148. The average Bonchev–Trinajstić information content (AvgIpc) is 2.93. The molecule has 21 heavy (non-hydrogen) atoms. The normalized spacial score (nSPS) is 18.0. The number of rotatable bonds is 9. The summed E-state index contributed by atoms with van der Waals surface area (Å²) in [6.45, 7) is 7.45. The molecule has 1 atom stereocenters. The first-order chi connectivity index (χ1) is 10.1. The molecule has 1 rings (SSSR count). The van der Waals surface area contributed by atoms with Crippen LogP contribution in [-0.2, 0) is 4.79 Å². The molecule has 1 heterocycles. The van der Waals surface area contributed by atoms with Gasteiger partial charge < -0.3 is 14.9 Å². The summed E-state index contributed by atoms with van der Waals surface area (Å²) in [5, 5.41) is 8.74. The van der Waals surface area contributed by atoms with Gasteiger partial charge in [0.25, 0.3) is 0 Å². The number of carboxylic acids is 1. The predicted octanol–water partition coefficient (Wildman–Crippen LogP) is 3.20. The van der Waals surface area contributed by atoms with Gasteiger partial charge >= 0.3 is 12.0 Å². The summed E-state index contributed by atoms with van der Waals surface area (Å²) in [5.41, 5.74) is 0. The number of urea groups is 1. The number of unbranched alkanes of at least 4 members (excludes halogenated alkanes) is 2. The number of carbonyl (C=O) groups is 2. The Morgan fingerprint density at radius 3 is 2.33 bits per heavy atom. The fraction of sp³-hybridized carbons (Fsp3) is 0.875. The van der Waals surface area contributed by atoms with Crippen LogP contribution >= 0.6 is 0 Å². The molecule has 1 aliphatic rings. The highest BCUT2D eigenvalue weighted by Gasteiger charge is 2.29. The number of nitrogens with zero attached hydrogens (tertiary/aromatic N) is 2. The van der Waals surface area contributed by atoms with Crippen LogP contribution in [0.2, 0.25) is 0 Å². The lowest BCUT2D eigenvalue weighted by molar-refractivity contribution is -0.137. The first-order valence-electron chi connectivity index (χ1n) is 8.34. The molecule has 122 valence electrons. The van der Waals surface area contributed by atoms with E-state index >= 15 is 0 Å². The number of hydrogen-bond donors (Lipinski definition) is 1. The van der Waals surface area contributed by atoms with Gasteiger partial charge in [-0.1, -0.05) is 26.7 Å². The Hall–Kier alpha value is -1.26. The van der Waals surface area contributed by atoms with Crippen LogP contribution < -0.4 is 0 Å². The molecule has 0 bridgehead atoms. The smallest absolute Gasteiger partial charge is 0.320 e. The van der Waals surface area contributed by atoms with Crippen LogP contribution in [0.1, 0.15) is 58.8 Å². The molecule has 0 radical (unpaired) electrons. The van der Waals surface area contributed by atoms with Crippen LogP contribution in [0, 0.1) is 5.92 Å². The molecular weight excluding hydrogens is 268 g/mol. The highest BCUT2D eigenvalue weighted by atomic mass is 16.4. The van der Waals surface area contributed by atoms with Crippen molar-refractivity contribution in [1.29, 1.82) is 0 Å². The topological polar surface area (TPSA) is 60.9 Å².